The fourth-order valence-electron chi connectivity index (χ4n) is 1.78. The molecule has 0 amide bonds. The van der Waals surface area contributed by atoms with Crippen molar-refractivity contribution < 1.29 is 4.74 Å². The largest absolute Gasteiger partial charge is 0.381 e. The van der Waals surface area contributed by atoms with E-state index in [0.29, 0.717) is 0 Å². The van der Waals surface area contributed by atoms with Crippen molar-refractivity contribution >= 4 is 5.84 Å². The van der Waals surface area contributed by atoms with E-state index in [1.807, 2.05) is 6.92 Å². The minimum atomic E-state index is 0.266. The molecule has 0 aromatic carbocycles. The van der Waals surface area contributed by atoms with E-state index in [1.54, 1.807) is 0 Å². The third-order valence-corrected chi connectivity index (χ3v) is 2.51. The molecule has 0 atom stereocenters. The summed E-state index contributed by atoms with van der Waals surface area (Å²) in [6.45, 7) is 4.75. The summed E-state index contributed by atoms with van der Waals surface area (Å²) in [6.07, 6.45) is 2.21. The Morgan fingerprint density at radius 2 is 2.18 bits per heavy atom. The van der Waals surface area contributed by atoms with Crippen LogP contribution in [0.4, 0.5) is 0 Å². The highest BCUT2D eigenvalue weighted by atomic mass is 16.5. The first-order valence-corrected chi connectivity index (χ1v) is 4.18. The first kappa shape index (κ1) is 7.10. The number of aliphatic imine (C=N–C) groups is 1. The summed E-state index contributed by atoms with van der Waals surface area (Å²) in [7, 11) is 0. The van der Waals surface area contributed by atoms with E-state index in [1.165, 1.54) is 0 Å². The number of nitrogens with one attached hydrogen (secondary N) is 1. The maximum absolute atomic E-state index is 5.30. The molecule has 0 aromatic rings. The third-order valence-electron chi connectivity index (χ3n) is 2.51. The predicted octanol–water partition coefficient (Wildman–Crippen LogP) is 0.557. The fraction of sp³-hybridized carbons (Fsp3) is 0.875. The molecular formula is C8H14N2O. The Morgan fingerprint density at radius 1 is 1.45 bits per heavy atom. The molecule has 1 N–H and O–H groups in total. The minimum Gasteiger partial charge on any atom is -0.381 e. The number of amidine groups is 1. The zero-order valence-corrected chi connectivity index (χ0v) is 6.89. The Kier molecular flexibility index (Phi) is 1.60. The second-order valence-corrected chi connectivity index (χ2v) is 3.42. The van der Waals surface area contributed by atoms with Crippen LogP contribution in [0, 0.1) is 0 Å². The van der Waals surface area contributed by atoms with Gasteiger partial charge in [-0.15, -0.1) is 0 Å². The Hall–Kier alpha value is -0.570. The molecule has 11 heavy (non-hydrogen) atoms. The highest BCUT2D eigenvalue weighted by molar-refractivity contribution is 5.82. The number of nitrogens with zero attached hydrogens (tertiary/aromatic N) is 1. The monoisotopic (exact) mass is 154 g/mol. The predicted molar refractivity (Wildman–Crippen MR) is 43.9 cm³/mol. The molecule has 0 saturated carbocycles. The van der Waals surface area contributed by atoms with Crippen LogP contribution in [0.15, 0.2) is 4.99 Å². The van der Waals surface area contributed by atoms with E-state index in [9.17, 15) is 0 Å². The fourth-order valence-corrected chi connectivity index (χ4v) is 1.78. The van der Waals surface area contributed by atoms with Gasteiger partial charge in [0.1, 0.15) is 0 Å². The van der Waals surface area contributed by atoms with Gasteiger partial charge in [-0.2, -0.15) is 0 Å². The summed E-state index contributed by atoms with van der Waals surface area (Å²) in [5.41, 5.74) is 0.266. The third kappa shape index (κ3) is 1.25. The van der Waals surface area contributed by atoms with Crippen LogP contribution < -0.4 is 5.32 Å². The van der Waals surface area contributed by atoms with Crippen molar-refractivity contribution in [2.45, 2.75) is 25.3 Å². The quantitative estimate of drug-likeness (QED) is 0.553. The molecule has 1 saturated heterocycles. The van der Waals surface area contributed by atoms with E-state index in [0.717, 1.165) is 38.4 Å². The maximum atomic E-state index is 5.30. The smallest absolute Gasteiger partial charge is 0.0937 e. The van der Waals surface area contributed by atoms with E-state index < -0.39 is 0 Å². The van der Waals surface area contributed by atoms with Gasteiger partial charge < -0.3 is 10.1 Å². The average Bonchev–Trinajstić information content (AvgIpc) is 2.34. The normalized spacial score (nSPS) is 28.3. The van der Waals surface area contributed by atoms with Gasteiger partial charge in [-0.3, -0.25) is 4.99 Å². The molecule has 0 unspecified atom stereocenters. The van der Waals surface area contributed by atoms with Crippen molar-refractivity contribution in [1.29, 1.82) is 0 Å². The standard InChI is InChI=1S/C8H14N2O/c1-7-9-6-8(10-7)2-4-11-5-3-8/h2-6H2,1H3,(H,9,10). The molecule has 62 valence electrons. The molecule has 0 aliphatic carbocycles. The number of hydrogen-bond donors (Lipinski definition) is 1. The summed E-state index contributed by atoms with van der Waals surface area (Å²) in [6, 6.07) is 0. The van der Waals surface area contributed by atoms with Gasteiger partial charge in [-0.05, 0) is 19.8 Å². The number of ether oxygens (including phenoxy) is 1. The molecule has 2 aliphatic rings. The lowest BCUT2D eigenvalue weighted by atomic mass is 9.91. The van der Waals surface area contributed by atoms with Gasteiger partial charge in [0.05, 0.1) is 17.9 Å². The molecule has 0 radical (unpaired) electrons. The van der Waals surface area contributed by atoms with Crippen LogP contribution in [-0.4, -0.2) is 31.1 Å². The highest BCUT2D eigenvalue weighted by Crippen LogP contribution is 2.23. The molecule has 3 heteroatoms. The SMILES string of the molecule is CC1=NCC2(CCOCC2)N1. The molecule has 0 aromatic heterocycles. The van der Waals surface area contributed by atoms with Gasteiger partial charge in [0.15, 0.2) is 0 Å². The van der Waals surface area contributed by atoms with Crippen LogP contribution in [0.5, 0.6) is 0 Å². The van der Waals surface area contributed by atoms with Crippen LogP contribution in [0.25, 0.3) is 0 Å². The first-order valence-electron chi connectivity index (χ1n) is 4.18. The van der Waals surface area contributed by atoms with Crippen molar-refractivity contribution in [3.05, 3.63) is 0 Å². The summed E-state index contributed by atoms with van der Waals surface area (Å²) in [5.74, 6) is 1.09. The number of rotatable bonds is 0. The van der Waals surface area contributed by atoms with E-state index in [-0.39, 0.29) is 5.54 Å². The molecule has 2 heterocycles. The topological polar surface area (TPSA) is 33.6 Å². The summed E-state index contributed by atoms with van der Waals surface area (Å²) < 4.78 is 5.30. The molecule has 3 nitrogen and oxygen atoms in total. The van der Waals surface area contributed by atoms with Crippen molar-refractivity contribution in [3.63, 3.8) is 0 Å². The first-order chi connectivity index (χ1) is 5.31. The van der Waals surface area contributed by atoms with Gasteiger partial charge in [-0.1, -0.05) is 0 Å². The maximum Gasteiger partial charge on any atom is 0.0937 e. The van der Waals surface area contributed by atoms with Crippen LogP contribution in [-0.2, 0) is 4.74 Å². The van der Waals surface area contributed by atoms with Crippen molar-refractivity contribution in [1.82, 2.24) is 5.32 Å². The lowest BCUT2D eigenvalue weighted by Gasteiger charge is -2.33. The van der Waals surface area contributed by atoms with Crippen molar-refractivity contribution in [3.8, 4) is 0 Å². The van der Waals surface area contributed by atoms with Crippen LogP contribution in [0.2, 0.25) is 0 Å². The Morgan fingerprint density at radius 3 is 2.73 bits per heavy atom. The Bertz CT molecular complexity index is 183. The second kappa shape index (κ2) is 2.48. The molecule has 1 fully saturated rings. The highest BCUT2D eigenvalue weighted by Gasteiger charge is 2.35. The Balaban J connectivity index is 2.01. The zero-order valence-electron chi connectivity index (χ0n) is 6.89. The van der Waals surface area contributed by atoms with Crippen LogP contribution in [0.3, 0.4) is 0 Å². The summed E-state index contributed by atoms with van der Waals surface area (Å²) in [4.78, 5) is 4.36. The second-order valence-electron chi connectivity index (χ2n) is 3.42. The van der Waals surface area contributed by atoms with Crippen molar-refractivity contribution in [2.24, 2.45) is 4.99 Å². The van der Waals surface area contributed by atoms with Gasteiger partial charge in [0.2, 0.25) is 0 Å². The molecule has 2 aliphatic heterocycles. The van der Waals surface area contributed by atoms with E-state index in [2.05, 4.69) is 10.3 Å². The van der Waals surface area contributed by atoms with Gasteiger partial charge in [0.25, 0.3) is 0 Å². The Labute approximate surface area is 66.8 Å². The van der Waals surface area contributed by atoms with Gasteiger partial charge in [-0.25, -0.2) is 0 Å². The lowest BCUT2D eigenvalue weighted by molar-refractivity contribution is 0.0521. The number of hydrogen-bond acceptors (Lipinski definition) is 3. The van der Waals surface area contributed by atoms with Crippen LogP contribution >= 0.6 is 0 Å². The zero-order chi connectivity index (χ0) is 7.73. The van der Waals surface area contributed by atoms with Gasteiger partial charge >= 0.3 is 0 Å². The van der Waals surface area contributed by atoms with Gasteiger partial charge in [0, 0.05) is 13.2 Å². The molecule has 0 bridgehead atoms. The summed E-state index contributed by atoms with van der Waals surface area (Å²) in [5, 5.41) is 3.44. The van der Waals surface area contributed by atoms with E-state index >= 15 is 0 Å². The minimum absolute atomic E-state index is 0.266. The average molecular weight is 154 g/mol. The molecule has 2 rings (SSSR count). The van der Waals surface area contributed by atoms with Crippen LogP contribution in [0.1, 0.15) is 19.8 Å². The van der Waals surface area contributed by atoms with Crippen molar-refractivity contribution in [2.75, 3.05) is 19.8 Å². The molecule has 1 spiro atoms. The van der Waals surface area contributed by atoms with E-state index in [4.69, 9.17) is 4.74 Å². The lowest BCUT2D eigenvalue weighted by Crippen LogP contribution is -2.49. The summed E-state index contributed by atoms with van der Waals surface area (Å²) >= 11 is 0. The molecular weight excluding hydrogens is 140 g/mol.